The van der Waals surface area contributed by atoms with E-state index < -0.39 is 0 Å². The van der Waals surface area contributed by atoms with Crippen molar-refractivity contribution in [2.75, 3.05) is 62.2 Å². The van der Waals surface area contributed by atoms with E-state index in [0.29, 0.717) is 43.3 Å². The molecule has 0 saturated carbocycles. The minimum atomic E-state index is 0.246. The van der Waals surface area contributed by atoms with Gasteiger partial charge < -0.3 is 29.7 Å². The lowest BCUT2D eigenvalue weighted by Crippen LogP contribution is -2.44. The molecule has 9 heteroatoms. The summed E-state index contributed by atoms with van der Waals surface area (Å²) in [4.78, 5) is 18.9. The molecule has 0 aromatic carbocycles. The first-order chi connectivity index (χ1) is 14.2. The summed E-state index contributed by atoms with van der Waals surface area (Å²) in [5.41, 5.74) is 7.78. The Morgan fingerprint density at radius 1 is 1.10 bits per heavy atom. The molecule has 0 bridgehead atoms. The number of ether oxygens (including phenoxy) is 3. The Kier molecular flexibility index (Phi) is 4.63. The average molecular weight is 398 g/mol. The van der Waals surface area contributed by atoms with Gasteiger partial charge in [-0.05, 0) is 6.92 Å². The van der Waals surface area contributed by atoms with Gasteiger partial charge in [0.15, 0.2) is 5.82 Å². The maximum Gasteiger partial charge on any atom is 0.169 e. The third-order valence-corrected chi connectivity index (χ3v) is 5.89. The van der Waals surface area contributed by atoms with Crippen LogP contribution >= 0.6 is 0 Å². The van der Waals surface area contributed by atoms with Crippen molar-refractivity contribution in [2.45, 2.75) is 25.4 Å². The van der Waals surface area contributed by atoms with Gasteiger partial charge >= 0.3 is 0 Å². The van der Waals surface area contributed by atoms with E-state index in [1.807, 2.05) is 0 Å². The Hall–Kier alpha value is -2.65. The zero-order valence-electron chi connectivity index (χ0n) is 16.8. The second-order valence-electron chi connectivity index (χ2n) is 7.73. The van der Waals surface area contributed by atoms with Gasteiger partial charge in [0.2, 0.25) is 0 Å². The van der Waals surface area contributed by atoms with E-state index in [0.717, 1.165) is 43.3 Å². The van der Waals surface area contributed by atoms with E-state index in [9.17, 15) is 0 Å². The number of nitrogens with zero attached hydrogens (tertiary/aromatic N) is 5. The lowest BCUT2D eigenvalue weighted by atomic mass is 10.1. The van der Waals surface area contributed by atoms with Crippen LogP contribution in [0.3, 0.4) is 0 Å². The summed E-state index contributed by atoms with van der Waals surface area (Å²) in [7, 11) is 1.62. The summed E-state index contributed by atoms with van der Waals surface area (Å²) in [6.07, 6.45) is 2.58. The zero-order valence-corrected chi connectivity index (χ0v) is 16.8. The number of rotatable bonds is 3. The molecular formula is C20H26N6O3. The van der Waals surface area contributed by atoms with E-state index in [1.54, 1.807) is 19.4 Å². The summed E-state index contributed by atoms with van der Waals surface area (Å²) >= 11 is 0. The lowest BCUT2D eigenvalue weighted by molar-refractivity contribution is 0.0967. The van der Waals surface area contributed by atoms with E-state index in [4.69, 9.17) is 29.9 Å². The molecule has 154 valence electrons. The molecule has 0 aliphatic carbocycles. The summed E-state index contributed by atoms with van der Waals surface area (Å²) in [6.45, 7) is 6.64. The molecule has 2 atom stereocenters. The number of nitrogens with two attached hydrogens (primary N) is 1. The number of hydrogen-bond acceptors (Lipinski definition) is 9. The largest absolute Gasteiger partial charge is 0.496 e. The van der Waals surface area contributed by atoms with Crippen LogP contribution in [0.5, 0.6) is 5.75 Å². The highest BCUT2D eigenvalue weighted by atomic mass is 16.5. The molecule has 0 amide bonds. The minimum absolute atomic E-state index is 0.246. The van der Waals surface area contributed by atoms with Crippen LogP contribution in [-0.4, -0.2) is 73.7 Å². The van der Waals surface area contributed by atoms with Crippen molar-refractivity contribution in [3.63, 3.8) is 0 Å². The van der Waals surface area contributed by atoms with Crippen LogP contribution in [0, 0.1) is 0 Å². The molecule has 9 nitrogen and oxygen atoms in total. The van der Waals surface area contributed by atoms with Gasteiger partial charge in [-0.15, -0.1) is 0 Å². The molecule has 3 aliphatic heterocycles. The fourth-order valence-electron chi connectivity index (χ4n) is 4.41. The zero-order chi connectivity index (χ0) is 20.0. The van der Waals surface area contributed by atoms with Gasteiger partial charge in [-0.3, -0.25) is 0 Å². The highest BCUT2D eigenvalue weighted by Gasteiger charge is 2.38. The van der Waals surface area contributed by atoms with Gasteiger partial charge in [0.05, 0.1) is 51.2 Å². The smallest absolute Gasteiger partial charge is 0.169 e. The van der Waals surface area contributed by atoms with Gasteiger partial charge in [-0.25, -0.2) is 15.0 Å². The Bertz CT molecular complexity index is 923. The van der Waals surface area contributed by atoms with Crippen LogP contribution in [0.2, 0.25) is 0 Å². The van der Waals surface area contributed by atoms with Crippen LogP contribution in [0.15, 0.2) is 12.3 Å². The highest BCUT2D eigenvalue weighted by Crippen LogP contribution is 2.41. The topological polar surface area (TPSA) is 98.9 Å². The number of aromatic nitrogens is 3. The van der Waals surface area contributed by atoms with Crippen molar-refractivity contribution in [1.82, 2.24) is 15.0 Å². The highest BCUT2D eigenvalue weighted by molar-refractivity contribution is 5.73. The Morgan fingerprint density at radius 3 is 2.59 bits per heavy atom. The summed E-state index contributed by atoms with van der Waals surface area (Å²) < 4.78 is 16.9. The second kappa shape index (κ2) is 7.31. The third-order valence-electron chi connectivity index (χ3n) is 5.89. The van der Waals surface area contributed by atoms with Gasteiger partial charge in [0.25, 0.3) is 0 Å². The van der Waals surface area contributed by atoms with Crippen LogP contribution in [0.4, 0.5) is 17.5 Å². The van der Waals surface area contributed by atoms with Gasteiger partial charge in [-0.1, -0.05) is 0 Å². The number of anilines is 3. The number of methoxy groups -OCH3 is 1. The van der Waals surface area contributed by atoms with Crippen molar-refractivity contribution in [3.8, 4) is 17.1 Å². The Balaban J connectivity index is 1.67. The van der Waals surface area contributed by atoms with Crippen LogP contribution in [0.25, 0.3) is 11.4 Å². The van der Waals surface area contributed by atoms with E-state index in [2.05, 4.69) is 21.7 Å². The SMILES string of the molecule is COc1cc(N)ncc1-c1nc2c(c(N3CCOC[C@H]3C)n1)C[C@@H]1COCCN21. The van der Waals surface area contributed by atoms with Crippen molar-refractivity contribution in [1.29, 1.82) is 0 Å². The van der Waals surface area contributed by atoms with Crippen LogP contribution in [0.1, 0.15) is 12.5 Å². The van der Waals surface area contributed by atoms with Crippen molar-refractivity contribution in [2.24, 2.45) is 0 Å². The first-order valence-electron chi connectivity index (χ1n) is 10.0. The number of nitrogen functional groups attached to an aromatic ring is 1. The molecule has 0 unspecified atom stereocenters. The second-order valence-corrected chi connectivity index (χ2v) is 7.73. The first-order valence-corrected chi connectivity index (χ1v) is 10.0. The predicted octanol–water partition coefficient (Wildman–Crippen LogP) is 1.12. The normalized spacial score (nSPS) is 23.7. The predicted molar refractivity (Wildman–Crippen MR) is 110 cm³/mol. The summed E-state index contributed by atoms with van der Waals surface area (Å²) in [5, 5.41) is 0. The Labute approximate surface area is 169 Å². The third kappa shape index (κ3) is 3.14. The molecule has 2 aromatic rings. The fourth-order valence-corrected chi connectivity index (χ4v) is 4.41. The Morgan fingerprint density at radius 2 is 1.83 bits per heavy atom. The number of fused-ring (bicyclic) bond motifs is 3. The summed E-state index contributed by atoms with van der Waals surface area (Å²) in [5.74, 6) is 3.61. The van der Waals surface area contributed by atoms with Gasteiger partial charge in [0, 0.05) is 37.3 Å². The molecule has 3 aliphatic rings. The van der Waals surface area contributed by atoms with E-state index >= 15 is 0 Å². The lowest BCUT2D eigenvalue weighted by Gasteiger charge is -2.35. The number of morpholine rings is 2. The van der Waals surface area contributed by atoms with E-state index in [1.165, 1.54) is 5.56 Å². The average Bonchev–Trinajstić information content (AvgIpc) is 3.12. The first kappa shape index (κ1) is 18.4. The molecule has 29 heavy (non-hydrogen) atoms. The molecule has 2 fully saturated rings. The number of hydrogen-bond donors (Lipinski definition) is 1. The molecular weight excluding hydrogens is 372 g/mol. The van der Waals surface area contributed by atoms with Crippen LogP contribution in [-0.2, 0) is 15.9 Å². The molecule has 2 saturated heterocycles. The maximum absolute atomic E-state index is 5.85. The monoisotopic (exact) mass is 398 g/mol. The molecule has 2 N–H and O–H groups in total. The summed E-state index contributed by atoms with van der Waals surface area (Å²) in [6, 6.07) is 2.27. The fraction of sp³-hybridized carbons (Fsp3) is 0.550. The molecule has 5 heterocycles. The molecule has 5 rings (SSSR count). The standard InChI is InChI=1S/C20H26N6O3/c1-12-10-28-5-3-25(12)19-14-7-13-11-29-6-4-26(13)20(14)24-18(23-19)15-9-22-17(21)8-16(15)27-2/h8-9,12-13H,3-7,10-11H2,1-2H3,(H2,21,22)/t12-,13-/m1/s1. The van der Waals surface area contributed by atoms with Crippen molar-refractivity contribution in [3.05, 3.63) is 17.8 Å². The maximum atomic E-state index is 5.85. The van der Waals surface area contributed by atoms with E-state index in [-0.39, 0.29) is 6.04 Å². The molecule has 0 spiro atoms. The molecule has 0 radical (unpaired) electrons. The van der Waals surface area contributed by atoms with Crippen molar-refractivity contribution < 1.29 is 14.2 Å². The minimum Gasteiger partial charge on any atom is -0.496 e. The molecule has 2 aromatic heterocycles. The van der Waals surface area contributed by atoms with Crippen molar-refractivity contribution >= 4 is 17.5 Å². The van der Waals surface area contributed by atoms with Crippen LogP contribution < -0.4 is 20.3 Å². The number of pyridine rings is 1. The van der Waals surface area contributed by atoms with Gasteiger partial charge in [-0.2, -0.15) is 0 Å². The quantitative estimate of drug-likeness (QED) is 0.815. The van der Waals surface area contributed by atoms with Gasteiger partial charge in [0.1, 0.15) is 23.2 Å².